The van der Waals surface area contributed by atoms with Crippen LogP contribution in [0, 0.1) is 0 Å². The summed E-state index contributed by atoms with van der Waals surface area (Å²) in [5, 5.41) is 9.54. The van der Waals surface area contributed by atoms with Crippen LogP contribution >= 0.6 is 27.5 Å². The van der Waals surface area contributed by atoms with Crippen LogP contribution < -0.4 is 0 Å². The molecule has 0 aliphatic rings. The molecule has 0 radical (unpaired) electrons. The average Bonchev–Trinajstić information content (AvgIpc) is 2.70. The van der Waals surface area contributed by atoms with Crippen molar-refractivity contribution in [3.8, 4) is 11.3 Å². The SMILES string of the molecule is OCc1ccc(-c2cc(Cl)ccc2Br)o1. The third-order valence-electron chi connectivity index (χ3n) is 2.01. The number of aliphatic hydroxyl groups is 1. The van der Waals surface area contributed by atoms with Gasteiger partial charge in [-0.2, -0.15) is 0 Å². The van der Waals surface area contributed by atoms with E-state index in [1.54, 1.807) is 12.1 Å². The number of hydrogen-bond acceptors (Lipinski definition) is 2. The monoisotopic (exact) mass is 286 g/mol. The van der Waals surface area contributed by atoms with Crippen molar-refractivity contribution in [1.82, 2.24) is 0 Å². The first-order chi connectivity index (χ1) is 7.20. The van der Waals surface area contributed by atoms with Gasteiger partial charge in [-0.1, -0.05) is 27.5 Å². The van der Waals surface area contributed by atoms with E-state index >= 15 is 0 Å². The largest absolute Gasteiger partial charge is 0.459 e. The van der Waals surface area contributed by atoms with Crippen LogP contribution in [0.15, 0.2) is 39.2 Å². The molecule has 0 saturated carbocycles. The Morgan fingerprint density at radius 3 is 2.73 bits per heavy atom. The quantitative estimate of drug-likeness (QED) is 0.910. The molecule has 1 aromatic heterocycles. The van der Waals surface area contributed by atoms with Crippen molar-refractivity contribution in [3.63, 3.8) is 0 Å². The van der Waals surface area contributed by atoms with E-state index in [2.05, 4.69) is 15.9 Å². The Bertz CT molecular complexity index is 479. The molecule has 0 aliphatic carbocycles. The van der Waals surface area contributed by atoms with Crippen LogP contribution in [0.1, 0.15) is 5.76 Å². The van der Waals surface area contributed by atoms with Gasteiger partial charge in [0.05, 0.1) is 0 Å². The molecular weight excluding hydrogens is 279 g/mol. The van der Waals surface area contributed by atoms with Gasteiger partial charge < -0.3 is 9.52 Å². The van der Waals surface area contributed by atoms with Crippen molar-refractivity contribution in [2.75, 3.05) is 0 Å². The van der Waals surface area contributed by atoms with Gasteiger partial charge in [-0.15, -0.1) is 0 Å². The van der Waals surface area contributed by atoms with Gasteiger partial charge in [-0.25, -0.2) is 0 Å². The highest BCUT2D eigenvalue weighted by Crippen LogP contribution is 2.31. The van der Waals surface area contributed by atoms with E-state index in [4.69, 9.17) is 21.1 Å². The number of hydrogen-bond donors (Lipinski definition) is 1. The number of rotatable bonds is 2. The average molecular weight is 288 g/mol. The molecule has 1 heterocycles. The van der Waals surface area contributed by atoms with E-state index in [9.17, 15) is 0 Å². The van der Waals surface area contributed by atoms with Gasteiger partial charge in [0.15, 0.2) is 0 Å². The van der Waals surface area contributed by atoms with Crippen molar-refractivity contribution < 1.29 is 9.52 Å². The third kappa shape index (κ3) is 2.25. The summed E-state index contributed by atoms with van der Waals surface area (Å²) in [4.78, 5) is 0. The van der Waals surface area contributed by atoms with Gasteiger partial charge in [0.1, 0.15) is 18.1 Å². The van der Waals surface area contributed by atoms with Gasteiger partial charge in [0.25, 0.3) is 0 Å². The molecule has 2 aromatic rings. The lowest BCUT2D eigenvalue weighted by molar-refractivity contribution is 0.248. The van der Waals surface area contributed by atoms with Crippen LogP contribution in [-0.2, 0) is 6.61 Å². The first-order valence-corrected chi connectivity index (χ1v) is 5.53. The Hall–Kier alpha value is -0.770. The maximum atomic E-state index is 8.89. The van der Waals surface area contributed by atoms with Crippen LogP contribution in [0.4, 0.5) is 0 Å². The maximum absolute atomic E-state index is 8.89. The summed E-state index contributed by atoms with van der Waals surface area (Å²) in [5.41, 5.74) is 0.877. The number of benzene rings is 1. The van der Waals surface area contributed by atoms with E-state index < -0.39 is 0 Å². The molecule has 0 spiro atoms. The maximum Gasteiger partial charge on any atom is 0.135 e. The molecule has 2 nitrogen and oxygen atoms in total. The fraction of sp³-hybridized carbons (Fsp3) is 0.0909. The van der Waals surface area contributed by atoms with Crippen LogP contribution in [0.3, 0.4) is 0 Å². The standard InChI is InChI=1S/C11H8BrClO2/c12-10-3-1-7(13)5-9(10)11-4-2-8(6-14)15-11/h1-5,14H,6H2. The summed E-state index contributed by atoms with van der Waals surface area (Å²) in [5.74, 6) is 1.23. The van der Waals surface area contributed by atoms with Crippen LogP contribution in [0.25, 0.3) is 11.3 Å². The Morgan fingerprint density at radius 1 is 1.27 bits per heavy atom. The molecule has 0 atom stereocenters. The second kappa shape index (κ2) is 4.39. The van der Waals surface area contributed by atoms with E-state index in [0.717, 1.165) is 10.0 Å². The minimum absolute atomic E-state index is 0.0990. The second-order valence-corrected chi connectivity index (χ2v) is 4.34. The molecule has 15 heavy (non-hydrogen) atoms. The summed E-state index contributed by atoms with van der Waals surface area (Å²) < 4.78 is 6.32. The van der Waals surface area contributed by atoms with Gasteiger partial charge in [-0.3, -0.25) is 0 Å². The summed E-state index contributed by atoms with van der Waals surface area (Å²) in [6.07, 6.45) is 0. The minimum Gasteiger partial charge on any atom is -0.459 e. The third-order valence-corrected chi connectivity index (χ3v) is 2.94. The highest BCUT2D eigenvalue weighted by atomic mass is 79.9. The zero-order valence-corrected chi connectivity index (χ0v) is 10.0. The molecule has 0 unspecified atom stereocenters. The van der Waals surface area contributed by atoms with Crippen molar-refractivity contribution >= 4 is 27.5 Å². The van der Waals surface area contributed by atoms with E-state index in [1.807, 2.05) is 18.2 Å². The molecule has 4 heteroatoms. The highest BCUT2D eigenvalue weighted by Gasteiger charge is 2.08. The molecule has 0 saturated heterocycles. The Labute approximate surface area is 101 Å². The number of halogens is 2. The molecule has 1 N–H and O–H groups in total. The molecule has 2 rings (SSSR count). The Balaban J connectivity index is 2.48. The first-order valence-electron chi connectivity index (χ1n) is 4.35. The molecular formula is C11H8BrClO2. The number of furan rings is 1. The van der Waals surface area contributed by atoms with E-state index in [0.29, 0.717) is 16.5 Å². The van der Waals surface area contributed by atoms with Crippen molar-refractivity contribution in [3.05, 3.63) is 45.6 Å². The Morgan fingerprint density at radius 2 is 2.07 bits per heavy atom. The normalized spacial score (nSPS) is 10.6. The van der Waals surface area contributed by atoms with Crippen LogP contribution in [0.2, 0.25) is 5.02 Å². The van der Waals surface area contributed by atoms with Crippen LogP contribution in [-0.4, -0.2) is 5.11 Å². The smallest absolute Gasteiger partial charge is 0.135 e. The lowest BCUT2D eigenvalue weighted by Gasteiger charge is -2.01. The molecule has 78 valence electrons. The number of aliphatic hydroxyl groups excluding tert-OH is 1. The molecule has 0 aliphatic heterocycles. The summed E-state index contributed by atoms with van der Waals surface area (Å²) in [7, 11) is 0. The van der Waals surface area contributed by atoms with Gasteiger partial charge in [-0.05, 0) is 30.3 Å². The summed E-state index contributed by atoms with van der Waals surface area (Å²) in [6, 6.07) is 9.01. The molecule has 0 amide bonds. The fourth-order valence-electron chi connectivity index (χ4n) is 1.29. The lowest BCUT2D eigenvalue weighted by Crippen LogP contribution is -1.78. The van der Waals surface area contributed by atoms with Gasteiger partial charge in [0, 0.05) is 15.1 Å². The van der Waals surface area contributed by atoms with E-state index in [1.165, 1.54) is 0 Å². The second-order valence-electron chi connectivity index (χ2n) is 3.05. The topological polar surface area (TPSA) is 33.4 Å². The predicted molar refractivity (Wildman–Crippen MR) is 62.8 cm³/mol. The zero-order valence-electron chi connectivity index (χ0n) is 7.71. The highest BCUT2D eigenvalue weighted by molar-refractivity contribution is 9.10. The molecule has 0 bridgehead atoms. The van der Waals surface area contributed by atoms with Crippen molar-refractivity contribution in [1.29, 1.82) is 0 Å². The Kier molecular flexibility index (Phi) is 3.14. The van der Waals surface area contributed by atoms with Gasteiger partial charge >= 0.3 is 0 Å². The zero-order chi connectivity index (χ0) is 10.8. The summed E-state index contributed by atoms with van der Waals surface area (Å²) in [6.45, 7) is -0.0990. The molecule has 1 aromatic carbocycles. The van der Waals surface area contributed by atoms with Crippen LogP contribution in [0.5, 0.6) is 0 Å². The van der Waals surface area contributed by atoms with Crippen molar-refractivity contribution in [2.45, 2.75) is 6.61 Å². The molecule has 0 fully saturated rings. The van der Waals surface area contributed by atoms with Crippen molar-refractivity contribution in [2.24, 2.45) is 0 Å². The fourth-order valence-corrected chi connectivity index (χ4v) is 1.91. The van der Waals surface area contributed by atoms with E-state index in [-0.39, 0.29) is 6.61 Å². The summed E-state index contributed by atoms with van der Waals surface area (Å²) >= 11 is 9.31. The van der Waals surface area contributed by atoms with Gasteiger partial charge in [0.2, 0.25) is 0 Å². The lowest BCUT2D eigenvalue weighted by atomic mass is 10.2. The predicted octanol–water partition coefficient (Wildman–Crippen LogP) is 3.85. The first kappa shape index (κ1) is 10.7. The minimum atomic E-state index is -0.0990.